The summed E-state index contributed by atoms with van der Waals surface area (Å²) < 4.78 is 0. The number of aliphatic hydroxyl groups is 1. The highest BCUT2D eigenvalue weighted by molar-refractivity contribution is 5.76. The molecule has 0 bridgehead atoms. The minimum atomic E-state index is -1.52. The van der Waals surface area contributed by atoms with Gasteiger partial charge in [-0.05, 0) is 25.7 Å². The van der Waals surface area contributed by atoms with Crippen molar-refractivity contribution in [2.24, 2.45) is 0 Å². The predicted molar refractivity (Wildman–Crippen MR) is 33.7 cm³/mol. The number of hydrogen-bond acceptors (Lipinski definition) is 2. The van der Waals surface area contributed by atoms with E-state index in [9.17, 15) is 15.0 Å². The summed E-state index contributed by atoms with van der Waals surface area (Å²) in [7, 11) is 0. The Balaban J connectivity index is 2.56. The van der Waals surface area contributed by atoms with Gasteiger partial charge in [-0.1, -0.05) is 6.42 Å². The summed E-state index contributed by atoms with van der Waals surface area (Å²) in [4.78, 5) is 10.3. The fourth-order valence-electron chi connectivity index (χ4n) is 1.34. The van der Waals surface area contributed by atoms with E-state index in [0.717, 1.165) is 19.3 Å². The van der Waals surface area contributed by atoms with Gasteiger partial charge >= 0.3 is 5.97 Å². The van der Waals surface area contributed by atoms with Gasteiger partial charge in [-0.15, -0.1) is 0 Å². The van der Waals surface area contributed by atoms with Gasteiger partial charge < -0.3 is 5.11 Å². The summed E-state index contributed by atoms with van der Waals surface area (Å²) in [5.74, 6) is -1.31. The Hall–Kier alpha value is -0.570. The Morgan fingerprint density at radius 3 is 2.00 bits per heavy atom. The fourth-order valence-corrected chi connectivity index (χ4v) is 1.34. The highest BCUT2D eigenvalue weighted by Gasteiger charge is 2.38. The quantitative estimate of drug-likeness (QED) is 0.585. The molecule has 1 fully saturated rings. The van der Waals surface area contributed by atoms with Crippen molar-refractivity contribution in [3.63, 3.8) is 0 Å². The minimum Gasteiger partial charge on any atom is -0.378 e. The van der Waals surface area contributed by atoms with Crippen LogP contribution in [-0.4, -0.2) is 16.7 Å². The first kappa shape index (κ1) is 7.54. The van der Waals surface area contributed by atoms with E-state index in [1.54, 1.807) is 0 Å². The molecule has 1 saturated carbocycles. The molecular weight excluding hydrogens is 132 g/mol. The molecule has 0 unspecified atom stereocenters. The van der Waals surface area contributed by atoms with E-state index in [4.69, 9.17) is 0 Å². The van der Waals surface area contributed by atoms with Crippen molar-refractivity contribution in [1.29, 1.82) is 0 Å². The maximum Gasteiger partial charge on any atom is 0.386 e. The van der Waals surface area contributed by atoms with Crippen molar-refractivity contribution in [1.82, 2.24) is 0 Å². The van der Waals surface area contributed by atoms with Crippen LogP contribution in [0.3, 0.4) is 0 Å². The van der Waals surface area contributed by atoms with E-state index in [-0.39, 0.29) is 0 Å². The lowest BCUT2D eigenvalue weighted by Crippen LogP contribution is -2.39. The van der Waals surface area contributed by atoms with Gasteiger partial charge in [-0.3, -0.25) is 0 Å². The van der Waals surface area contributed by atoms with Crippen LogP contribution in [0.1, 0.15) is 32.1 Å². The van der Waals surface area contributed by atoms with Crippen LogP contribution in [0.4, 0.5) is 0 Å². The normalized spacial score (nSPS) is 24.1. The SMILES string of the molecule is [O]C(=O)C1(O)CCCCC1. The van der Waals surface area contributed by atoms with E-state index >= 15 is 0 Å². The summed E-state index contributed by atoms with van der Waals surface area (Å²) in [6, 6.07) is 0. The van der Waals surface area contributed by atoms with E-state index in [2.05, 4.69) is 0 Å². The Morgan fingerprint density at radius 2 is 1.70 bits per heavy atom. The highest BCUT2D eigenvalue weighted by Crippen LogP contribution is 2.27. The highest BCUT2D eigenvalue weighted by atomic mass is 16.4. The third-order valence-corrected chi connectivity index (χ3v) is 2.06. The molecule has 0 saturated heterocycles. The van der Waals surface area contributed by atoms with Gasteiger partial charge in [0, 0.05) is 0 Å². The number of carbonyl (C=O) groups excluding carboxylic acids is 1. The molecule has 0 atom stereocenters. The van der Waals surface area contributed by atoms with Crippen LogP contribution in [-0.2, 0) is 9.90 Å². The van der Waals surface area contributed by atoms with Crippen LogP contribution >= 0.6 is 0 Å². The Kier molecular flexibility index (Phi) is 1.94. The van der Waals surface area contributed by atoms with Crippen LogP contribution in [0.5, 0.6) is 0 Å². The third-order valence-electron chi connectivity index (χ3n) is 2.06. The number of rotatable bonds is 1. The standard InChI is InChI=1S/C7H11O3/c8-6(9)7(10)4-2-1-3-5-7/h10H,1-5H2. The van der Waals surface area contributed by atoms with Crippen molar-refractivity contribution in [3.8, 4) is 0 Å². The Labute approximate surface area is 59.7 Å². The van der Waals surface area contributed by atoms with E-state index in [1.165, 1.54) is 0 Å². The molecule has 0 spiro atoms. The second-order valence-electron chi connectivity index (χ2n) is 2.88. The zero-order valence-electron chi connectivity index (χ0n) is 5.80. The molecule has 0 aromatic carbocycles. The lowest BCUT2D eigenvalue weighted by molar-refractivity contribution is -0.168. The summed E-state index contributed by atoms with van der Waals surface area (Å²) in [6.07, 6.45) is 3.33. The number of hydrogen-bond donors (Lipinski definition) is 1. The average Bonchev–Trinajstić information content (AvgIpc) is 1.89. The van der Waals surface area contributed by atoms with Gasteiger partial charge in [0.25, 0.3) is 0 Å². The monoisotopic (exact) mass is 143 g/mol. The molecule has 0 aliphatic heterocycles. The first-order valence-corrected chi connectivity index (χ1v) is 3.59. The molecule has 57 valence electrons. The molecule has 3 nitrogen and oxygen atoms in total. The van der Waals surface area contributed by atoms with Crippen molar-refractivity contribution >= 4 is 5.97 Å². The summed E-state index contributed by atoms with van der Waals surface area (Å²) in [5, 5.41) is 19.6. The molecule has 0 aromatic heterocycles. The topological polar surface area (TPSA) is 57.2 Å². The summed E-state index contributed by atoms with van der Waals surface area (Å²) in [6.45, 7) is 0. The molecular formula is C7H11O3. The molecule has 10 heavy (non-hydrogen) atoms. The summed E-state index contributed by atoms with van der Waals surface area (Å²) in [5.41, 5.74) is -1.52. The van der Waals surface area contributed by atoms with Crippen molar-refractivity contribution in [3.05, 3.63) is 0 Å². The Morgan fingerprint density at radius 1 is 1.20 bits per heavy atom. The predicted octanol–water partition coefficient (Wildman–Crippen LogP) is 0.639. The van der Waals surface area contributed by atoms with Crippen molar-refractivity contribution < 1.29 is 15.0 Å². The van der Waals surface area contributed by atoms with Gasteiger partial charge in [0.05, 0.1) is 0 Å². The van der Waals surface area contributed by atoms with Crippen LogP contribution < -0.4 is 0 Å². The van der Waals surface area contributed by atoms with Gasteiger partial charge in [0.1, 0.15) is 0 Å². The van der Waals surface area contributed by atoms with Crippen LogP contribution in [0.15, 0.2) is 0 Å². The van der Waals surface area contributed by atoms with Crippen molar-refractivity contribution in [2.45, 2.75) is 37.7 Å². The van der Waals surface area contributed by atoms with Gasteiger partial charge in [-0.2, -0.15) is 0 Å². The molecule has 0 aromatic rings. The van der Waals surface area contributed by atoms with Crippen LogP contribution in [0.25, 0.3) is 0 Å². The van der Waals surface area contributed by atoms with Gasteiger partial charge in [0.2, 0.25) is 0 Å². The van der Waals surface area contributed by atoms with Gasteiger partial charge in [0.15, 0.2) is 5.60 Å². The van der Waals surface area contributed by atoms with E-state index in [0.29, 0.717) is 12.8 Å². The van der Waals surface area contributed by atoms with Crippen LogP contribution in [0.2, 0.25) is 0 Å². The molecule has 1 radical (unpaired) electrons. The zero-order valence-corrected chi connectivity index (χ0v) is 5.80. The first-order valence-electron chi connectivity index (χ1n) is 3.59. The Bertz CT molecular complexity index is 136. The fraction of sp³-hybridized carbons (Fsp3) is 0.857. The largest absolute Gasteiger partial charge is 0.386 e. The molecule has 1 aliphatic carbocycles. The summed E-state index contributed by atoms with van der Waals surface area (Å²) >= 11 is 0. The molecule has 0 heterocycles. The zero-order chi connectivity index (χ0) is 7.61. The molecule has 1 N–H and O–H groups in total. The van der Waals surface area contributed by atoms with Crippen molar-refractivity contribution in [2.75, 3.05) is 0 Å². The maximum absolute atomic E-state index is 10.3. The lowest BCUT2D eigenvalue weighted by Gasteiger charge is -2.25. The average molecular weight is 143 g/mol. The number of carbonyl (C=O) groups is 1. The van der Waals surface area contributed by atoms with E-state index < -0.39 is 11.6 Å². The molecule has 0 amide bonds. The lowest BCUT2D eigenvalue weighted by atomic mass is 9.85. The van der Waals surface area contributed by atoms with Gasteiger partial charge in [-0.25, -0.2) is 9.90 Å². The second-order valence-corrected chi connectivity index (χ2v) is 2.88. The molecule has 1 rings (SSSR count). The molecule has 3 heteroatoms. The second kappa shape index (κ2) is 2.58. The minimum absolute atomic E-state index is 0.356. The smallest absolute Gasteiger partial charge is 0.378 e. The van der Waals surface area contributed by atoms with E-state index in [1.807, 2.05) is 0 Å². The molecule has 1 aliphatic rings. The maximum atomic E-state index is 10.3. The first-order chi connectivity index (χ1) is 4.65. The van der Waals surface area contributed by atoms with Crippen LogP contribution in [0, 0.1) is 0 Å². The third kappa shape index (κ3) is 1.29.